The number of benzene rings is 2. The molecule has 3 heterocycles. The largest absolute Gasteiger partial charge is 0.457 e. The van der Waals surface area contributed by atoms with Gasteiger partial charge in [0.2, 0.25) is 0 Å². The molecule has 0 saturated carbocycles. The average molecular weight is 424 g/mol. The third-order valence-electron chi connectivity index (χ3n) is 5.87. The predicted octanol–water partition coefficient (Wildman–Crippen LogP) is 8.42. The molecular weight excluding hydrogens is 394 g/mol. The molecule has 0 fully saturated rings. The van der Waals surface area contributed by atoms with Crippen LogP contribution < -0.4 is 0 Å². The molecule has 0 aliphatic heterocycles. The minimum Gasteiger partial charge on any atom is -0.457 e. The molecule has 0 unspecified atom stereocenters. The summed E-state index contributed by atoms with van der Waals surface area (Å²) in [5.41, 5.74) is 8.60. The molecule has 3 heteroatoms. The number of pyridine rings is 1. The van der Waals surface area contributed by atoms with Crippen LogP contribution in [0.5, 0.6) is 0 Å². The van der Waals surface area contributed by atoms with Crippen LogP contribution in [0, 0.1) is 26.2 Å². The molecule has 0 bridgehead atoms. The van der Waals surface area contributed by atoms with E-state index in [0.29, 0.717) is 0 Å². The summed E-state index contributed by atoms with van der Waals surface area (Å²) in [5, 5.41) is 2.29. The van der Waals surface area contributed by atoms with Crippen molar-refractivity contribution in [3.63, 3.8) is 0 Å². The quantitative estimate of drug-likeness (QED) is 0.292. The van der Waals surface area contributed by atoms with Crippen LogP contribution in [-0.4, -0.2) is 4.98 Å². The Morgan fingerprint density at radius 3 is 2.25 bits per heavy atom. The molecule has 3 nitrogen and oxygen atoms in total. The maximum Gasteiger partial charge on any atom is 0.176 e. The van der Waals surface area contributed by atoms with Crippen molar-refractivity contribution in [2.75, 3.05) is 0 Å². The molecule has 0 amide bonds. The van der Waals surface area contributed by atoms with Crippen molar-refractivity contribution in [3.05, 3.63) is 77.2 Å². The Hall–Kier alpha value is -3.33. The fraction of sp³-hybridized carbons (Fsp3) is 0.276. The Kier molecular flexibility index (Phi) is 4.74. The zero-order chi connectivity index (χ0) is 22.6. The molecule has 2 aromatic carbocycles. The summed E-state index contributed by atoms with van der Waals surface area (Å²) in [6, 6.07) is 17.1. The first-order chi connectivity index (χ1) is 15.2. The number of nitrogens with zero attached hydrogens (tertiary/aromatic N) is 1. The lowest BCUT2D eigenvalue weighted by atomic mass is 9.91. The Balaban J connectivity index is 1.58. The molecule has 162 valence electrons. The topological polar surface area (TPSA) is 39.2 Å². The van der Waals surface area contributed by atoms with Crippen LogP contribution in [0.4, 0.5) is 0 Å². The van der Waals surface area contributed by atoms with Gasteiger partial charge in [0, 0.05) is 40.8 Å². The summed E-state index contributed by atoms with van der Waals surface area (Å²) in [5.74, 6) is 1.84. The van der Waals surface area contributed by atoms with E-state index in [9.17, 15) is 0 Å². The lowest BCUT2D eigenvalue weighted by Gasteiger charge is -2.15. The maximum atomic E-state index is 6.27. The molecule has 3 aromatic heterocycles. The highest BCUT2D eigenvalue weighted by molar-refractivity contribution is 5.97. The normalized spacial score (nSPS) is 12.2. The zero-order valence-corrected chi connectivity index (χ0v) is 19.7. The molecule has 0 N–H and O–H groups in total. The molecule has 0 radical (unpaired) electrons. The van der Waals surface area contributed by atoms with E-state index in [1.165, 1.54) is 11.1 Å². The monoisotopic (exact) mass is 423 g/mol. The second-order valence-corrected chi connectivity index (χ2v) is 10.2. The van der Waals surface area contributed by atoms with Crippen LogP contribution >= 0.6 is 0 Å². The molecule has 5 rings (SSSR count). The van der Waals surface area contributed by atoms with Gasteiger partial charge >= 0.3 is 0 Å². The highest BCUT2D eigenvalue weighted by Crippen LogP contribution is 2.38. The van der Waals surface area contributed by atoms with Crippen LogP contribution in [0.15, 0.2) is 63.6 Å². The van der Waals surface area contributed by atoms with Gasteiger partial charge in [0.1, 0.15) is 11.5 Å². The van der Waals surface area contributed by atoms with Gasteiger partial charge in [-0.15, -0.1) is 0 Å². The fourth-order valence-electron chi connectivity index (χ4n) is 4.60. The van der Waals surface area contributed by atoms with Crippen LogP contribution in [-0.2, 0) is 6.42 Å². The van der Waals surface area contributed by atoms with E-state index in [0.717, 1.165) is 62.3 Å². The van der Waals surface area contributed by atoms with Gasteiger partial charge in [0.05, 0.1) is 5.69 Å². The Morgan fingerprint density at radius 1 is 0.812 bits per heavy atom. The van der Waals surface area contributed by atoms with E-state index in [1.54, 1.807) is 0 Å². The number of furan rings is 2. The standard InChI is InChI=1S/C29H29NO2/c1-17-11-18(2)13-22(12-17)26-24-8-7-21(14-20(24)9-10-30-26)27-19(3)28-25(32-27)15-23(31-28)16-29(4,5)6/h7-15H,16H2,1-6H3. The highest BCUT2D eigenvalue weighted by atomic mass is 16.4. The highest BCUT2D eigenvalue weighted by Gasteiger charge is 2.21. The molecule has 0 saturated heterocycles. The summed E-state index contributed by atoms with van der Waals surface area (Å²) in [6.45, 7) is 13.0. The summed E-state index contributed by atoms with van der Waals surface area (Å²) >= 11 is 0. The zero-order valence-electron chi connectivity index (χ0n) is 19.7. The number of hydrogen-bond acceptors (Lipinski definition) is 3. The van der Waals surface area contributed by atoms with Crippen molar-refractivity contribution in [2.24, 2.45) is 5.41 Å². The second-order valence-electron chi connectivity index (χ2n) is 10.2. The van der Waals surface area contributed by atoms with Gasteiger partial charge in [-0.2, -0.15) is 0 Å². The van der Waals surface area contributed by atoms with Gasteiger partial charge < -0.3 is 8.83 Å². The Labute approximate surface area is 189 Å². The van der Waals surface area contributed by atoms with Crippen LogP contribution in [0.25, 0.3) is 44.5 Å². The van der Waals surface area contributed by atoms with Gasteiger partial charge in [-0.25, -0.2) is 0 Å². The molecule has 0 spiro atoms. The smallest absolute Gasteiger partial charge is 0.176 e. The molecule has 0 atom stereocenters. The van der Waals surface area contributed by atoms with Gasteiger partial charge in [0.25, 0.3) is 0 Å². The van der Waals surface area contributed by atoms with Gasteiger partial charge in [-0.3, -0.25) is 4.98 Å². The Bertz CT molecular complexity index is 1440. The number of hydrogen-bond donors (Lipinski definition) is 0. The number of rotatable bonds is 3. The summed E-state index contributed by atoms with van der Waals surface area (Å²) in [6.07, 6.45) is 2.77. The molecule has 0 aliphatic rings. The van der Waals surface area contributed by atoms with Crippen molar-refractivity contribution >= 4 is 21.9 Å². The molecular formula is C29H29NO2. The fourth-order valence-corrected chi connectivity index (χ4v) is 4.60. The minimum atomic E-state index is 0.173. The van der Waals surface area contributed by atoms with Crippen molar-refractivity contribution in [2.45, 2.75) is 48.0 Å². The average Bonchev–Trinajstić information content (AvgIpc) is 3.23. The molecule has 32 heavy (non-hydrogen) atoms. The lowest BCUT2D eigenvalue weighted by Crippen LogP contribution is -2.08. The SMILES string of the molecule is Cc1cc(C)cc(-c2nccc3cc(-c4oc5cc(CC(C)(C)C)oc5c4C)ccc23)c1. The van der Waals surface area contributed by atoms with Crippen molar-refractivity contribution < 1.29 is 8.83 Å². The van der Waals surface area contributed by atoms with Crippen molar-refractivity contribution in [3.8, 4) is 22.6 Å². The van der Waals surface area contributed by atoms with E-state index in [4.69, 9.17) is 13.8 Å². The second kappa shape index (κ2) is 7.37. The van der Waals surface area contributed by atoms with E-state index >= 15 is 0 Å². The van der Waals surface area contributed by atoms with Crippen LogP contribution in [0.2, 0.25) is 0 Å². The van der Waals surface area contributed by atoms with Gasteiger partial charge in [-0.05, 0) is 55.8 Å². The first-order valence-corrected chi connectivity index (χ1v) is 11.2. The van der Waals surface area contributed by atoms with E-state index in [-0.39, 0.29) is 5.41 Å². The van der Waals surface area contributed by atoms with Gasteiger partial charge in [-0.1, -0.05) is 50.1 Å². The van der Waals surface area contributed by atoms with Gasteiger partial charge in [0.15, 0.2) is 11.2 Å². The number of aromatic nitrogens is 1. The number of fused-ring (bicyclic) bond motifs is 2. The maximum absolute atomic E-state index is 6.27. The van der Waals surface area contributed by atoms with Crippen LogP contribution in [0.3, 0.4) is 0 Å². The van der Waals surface area contributed by atoms with E-state index in [2.05, 4.69) is 84.0 Å². The molecule has 0 aliphatic carbocycles. The first-order valence-electron chi connectivity index (χ1n) is 11.2. The molecule has 5 aromatic rings. The van der Waals surface area contributed by atoms with Crippen LogP contribution in [0.1, 0.15) is 43.2 Å². The van der Waals surface area contributed by atoms with Crippen molar-refractivity contribution in [1.29, 1.82) is 0 Å². The third-order valence-corrected chi connectivity index (χ3v) is 5.87. The Morgan fingerprint density at radius 2 is 1.56 bits per heavy atom. The lowest BCUT2D eigenvalue weighted by molar-refractivity contribution is 0.370. The summed E-state index contributed by atoms with van der Waals surface area (Å²) in [4.78, 5) is 4.71. The first kappa shape index (κ1) is 20.6. The third kappa shape index (κ3) is 3.73. The summed E-state index contributed by atoms with van der Waals surface area (Å²) < 4.78 is 12.4. The summed E-state index contributed by atoms with van der Waals surface area (Å²) in [7, 11) is 0. The minimum absolute atomic E-state index is 0.173. The van der Waals surface area contributed by atoms with E-state index < -0.39 is 0 Å². The number of aryl methyl sites for hydroxylation is 3. The van der Waals surface area contributed by atoms with Crippen molar-refractivity contribution in [1.82, 2.24) is 4.98 Å². The van der Waals surface area contributed by atoms with E-state index in [1.807, 2.05) is 12.3 Å². The predicted molar refractivity (Wildman–Crippen MR) is 132 cm³/mol.